The molecule has 16 nitrogen and oxygen atoms in total. The van der Waals surface area contributed by atoms with E-state index in [2.05, 4.69) is 16.0 Å². The van der Waals surface area contributed by atoms with E-state index in [0.29, 0.717) is 39.7 Å². The second-order valence-corrected chi connectivity index (χ2v) is 14.3. The first kappa shape index (κ1) is 42.0. The third-order valence-electron chi connectivity index (χ3n) is 10.4. The molecule has 0 radical (unpaired) electrons. The molecule has 0 aliphatic carbocycles. The standard InChI is InChI=1S/C41H50N6O10/c1-23-36(49)44-30(22-48)40(53)45(3)31(18-25-8-13-28(55-6)14-9-25)38(51)43-24(2)39(52)47(5)33-19-26-10-15-29(16-11-26)57-35-21-27(12-17-34(35)56-7)20-32(37(50)42-23)46(4)41(33)54/h8-17,21,23-24,30-33,48H,18-20,22H2,1-7H3,(H,42,50)(H,43,51)(H,44,49)/t23-,24+,30+,31+,32?,33+/m1/s1. The van der Waals surface area contributed by atoms with E-state index < -0.39 is 78.3 Å². The van der Waals surface area contributed by atoms with Crippen LogP contribution in [-0.2, 0) is 48.0 Å². The van der Waals surface area contributed by atoms with Gasteiger partial charge in [0.15, 0.2) is 11.5 Å². The van der Waals surface area contributed by atoms with Crippen molar-refractivity contribution in [2.45, 2.75) is 69.4 Å². The second kappa shape index (κ2) is 18.2. The Kier molecular flexibility index (Phi) is 13.4. The topological polar surface area (TPSA) is 196 Å². The molecule has 3 aromatic rings. The lowest BCUT2D eigenvalue weighted by atomic mass is 9.98. The van der Waals surface area contributed by atoms with Gasteiger partial charge in [0.05, 0.1) is 20.8 Å². The number of fused-ring (bicyclic) bond motifs is 2. The summed E-state index contributed by atoms with van der Waals surface area (Å²) in [6.45, 7) is 2.05. The molecule has 1 unspecified atom stereocenters. The highest BCUT2D eigenvalue weighted by Gasteiger charge is 2.39. The van der Waals surface area contributed by atoms with Gasteiger partial charge in [-0.1, -0.05) is 30.3 Å². The van der Waals surface area contributed by atoms with Crippen LogP contribution in [0, 0.1) is 0 Å². The van der Waals surface area contributed by atoms with Gasteiger partial charge in [0.25, 0.3) is 0 Å². The van der Waals surface area contributed by atoms with E-state index in [1.54, 1.807) is 66.7 Å². The molecule has 0 saturated carbocycles. The lowest BCUT2D eigenvalue weighted by Gasteiger charge is -2.37. The Bertz CT molecular complexity index is 1970. The van der Waals surface area contributed by atoms with E-state index in [9.17, 15) is 33.9 Å². The van der Waals surface area contributed by atoms with Gasteiger partial charge in [0.2, 0.25) is 35.4 Å². The lowest BCUT2D eigenvalue weighted by Crippen LogP contribution is -2.62. The predicted molar refractivity (Wildman–Crippen MR) is 208 cm³/mol. The van der Waals surface area contributed by atoms with Crippen molar-refractivity contribution in [3.05, 3.63) is 83.4 Å². The number of carbonyl (C=O) groups is 6. The first-order valence-electron chi connectivity index (χ1n) is 18.5. The van der Waals surface area contributed by atoms with E-state index in [-0.39, 0.29) is 19.3 Å². The molecule has 6 bridgehead atoms. The molecule has 0 spiro atoms. The monoisotopic (exact) mass is 786 g/mol. The summed E-state index contributed by atoms with van der Waals surface area (Å²) in [7, 11) is 7.27. The third-order valence-corrected chi connectivity index (χ3v) is 10.4. The fourth-order valence-electron chi connectivity index (χ4n) is 6.86. The minimum Gasteiger partial charge on any atom is -0.497 e. The summed E-state index contributed by atoms with van der Waals surface area (Å²) in [6, 6.07) is 11.4. The van der Waals surface area contributed by atoms with E-state index in [1.165, 1.54) is 59.0 Å². The minimum absolute atomic E-state index is 0.00390. The summed E-state index contributed by atoms with van der Waals surface area (Å²) in [6.07, 6.45) is -0.000603. The Hall–Kier alpha value is -6.16. The van der Waals surface area contributed by atoms with E-state index >= 15 is 0 Å². The molecule has 3 aliphatic rings. The summed E-state index contributed by atoms with van der Waals surface area (Å²) in [4.78, 5) is 88.2. The van der Waals surface area contributed by atoms with Crippen LogP contribution in [0.3, 0.4) is 0 Å². The van der Waals surface area contributed by atoms with Crippen LogP contribution in [0.1, 0.15) is 30.5 Å². The number of methoxy groups -OCH3 is 2. The third kappa shape index (κ3) is 9.63. The molecule has 304 valence electrons. The molecule has 3 aromatic carbocycles. The number of likely N-dealkylation sites (N-methyl/N-ethyl adjacent to an activating group) is 3. The van der Waals surface area contributed by atoms with Gasteiger partial charge in [-0.3, -0.25) is 28.8 Å². The second-order valence-electron chi connectivity index (χ2n) is 14.3. The van der Waals surface area contributed by atoms with Crippen LogP contribution in [0.4, 0.5) is 0 Å². The molecule has 1 fully saturated rings. The Morgan fingerprint density at radius 1 is 0.667 bits per heavy atom. The zero-order valence-electron chi connectivity index (χ0n) is 33.1. The van der Waals surface area contributed by atoms with Gasteiger partial charge < -0.3 is 50.0 Å². The van der Waals surface area contributed by atoms with Gasteiger partial charge in [0, 0.05) is 40.4 Å². The number of amides is 6. The number of benzene rings is 3. The van der Waals surface area contributed by atoms with Crippen LogP contribution in [0.2, 0.25) is 0 Å². The molecule has 6 amide bonds. The molecule has 6 atom stereocenters. The van der Waals surface area contributed by atoms with Crippen molar-refractivity contribution in [2.24, 2.45) is 0 Å². The van der Waals surface area contributed by atoms with E-state index in [0.717, 1.165) is 4.90 Å². The maximum atomic E-state index is 14.7. The van der Waals surface area contributed by atoms with Crippen molar-refractivity contribution in [3.63, 3.8) is 0 Å². The molecule has 1 saturated heterocycles. The van der Waals surface area contributed by atoms with Crippen LogP contribution in [0.5, 0.6) is 23.0 Å². The van der Waals surface area contributed by atoms with Gasteiger partial charge in [-0.2, -0.15) is 0 Å². The maximum absolute atomic E-state index is 14.7. The molecule has 3 heterocycles. The number of nitrogens with one attached hydrogen (secondary N) is 3. The maximum Gasteiger partial charge on any atom is 0.247 e. The minimum atomic E-state index is -1.50. The number of carbonyl (C=O) groups excluding carboxylic acids is 6. The summed E-state index contributed by atoms with van der Waals surface area (Å²) >= 11 is 0. The first-order chi connectivity index (χ1) is 27.1. The predicted octanol–water partition coefficient (Wildman–Crippen LogP) is 0.819. The number of hydrogen-bond donors (Lipinski definition) is 4. The fourth-order valence-corrected chi connectivity index (χ4v) is 6.86. The van der Waals surface area contributed by atoms with Crippen LogP contribution >= 0.6 is 0 Å². The first-order valence-corrected chi connectivity index (χ1v) is 18.5. The van der Waals surface area contributed by atoms with Crippen molar-refractivity contribution in [1.29, 1.82) is 0 Å². The highest BCUT2D eigenvalue weighted by molar-refractivity contribution is 5.98. The van der Waals surface area contributed by atoms with Gasteiger partial charge in [0.1, 0.15) is 47.8 Å². The quantitative estimate of drug-likeness (QED) is 0.288. The number of ether oxygens (including phenoxy) is 3. The average Bonchev–Trinajstić information content (AvgIpc) is 3.21. The summed E-state index contributed by atoms with van der Waals surface area (Å²) in [5.41, 5.74) is 1.92. The molecular formula is C41H50N6O10. The average molecular weight is 787 g/mol. The van der Waals surface area contributed by atoms with Gasteiger partial charge in [-0.15, -0.1) is 0 Å². The largest absolute Gasteiger partial charge is 0.497 e. The van der Waals surface area contributed by atoms with E-state index in [1.807, 2.05) is 0 Å². The summed E-state index contributed by atoms with van der Waals surface area (Å²) < 4.78 is 16.9. The highest BCUT2D eigenvalue weighted by Crippen LogP contribution is 2.34. The number of hydrogen-bond acceptors (Lipinski definition) is 10. The highest BCUT2D eigenvalue weighted by atomic mass is 16.5. The summed E-state index contributed by atoms with van der Waals surface area (Å²) in [5, 5.41) is 18.2. The molecular weight excluding hydrogens is 736 g/mol. The zero-order chi connectivity index (χ0) is 41.6. The van der Waals surface area contributed by atoms with Crippen LogP contribution < -0.4 is 30.2 Å². The van der Waals surface area contributed by atoms with Gasteiger partial charge in [-0.05, 0) is 66.9 Å². The SMILES string of the molecule is COc1ccc(C[C@H]2C(=O)N[C@@H](C)C(=O)N(C)[C@H]3Cc4ccc(cc4)Oc4cc(ccc4OC)CC(C(=O)N[C@H](C)C(=O)N[C@@H](CO)C(=O)N2C)N(C)C3=O)cc1. The molecule has 16 heteroatoms. The van der Waals surface area contributed by atoms with E-state index in [4.69, 9.17) is 14.2 Å². The van der Waals surface area contributed by atoms with Crippen LogP contribution in [0.25, 0.3) is 0 Å². The van der Waals surface area contributed by atoms with Gasteiger partial charge in [-0.25, -0.2) is 0 Å². The Morgan fingerprint density at radius 3 is 1.91 bits per heavy atom. The summed E-state index contributed by atoms with van der Waals surface area (Å²) in [5.74, 6) is -2.28. The van der Waals surface area contributed by atoms with Crippen molar-refractivity contribution in [2.75, 3.05) is 42.0 Å². The lowest BCUT2D eigenvalue weighted by molar-refractivity contribution is -0.149. The molecule has 3 aliphatic heterocycles. The fraction of sp³-hybridized carbons (Fsp3) is 0.415. The number of aliphatic hydroxyl groups is 1. The van der Waals surface area contributed by atoms with Gasteiger partial charge >= 0.3 is 0 Å². The van der Waals surface area contributed by atoms with Crippen molar-refractivity contribution >= 4 is 35.4 Å². The Labute approximate surface area is 331 Å². The smallest absolute Gasteiger partial charge is 0.247 e. The molecule has 0 aromatic heterocycles. The number of nitrogens with zero attached hydrogens (tertiary/aromatic N) is 3. The van der Waals surface area contributed by atoms with Crippen LogP contribution in [-0.4, -0.2) is 133 Å². The number of rotatable bonds is 5. The molecule has 6 rings (SSSR count). The molecule has 4 N–H and O–H groups in total. The van der Waals surface area contributed by atoms with Crippen molar-refractivity contribution < 1.29 is 48.1 Å². The Morgan fingerprint density at radius 2 is 1.28 bits per heavy atom. The van der Waals surface area contributed by atoms with Crippen molar-refractivity contribution in [1.82, 2.24) is 30.7 Å². The normalized spacial score (nSPS) is 24.1. The molecule has 57 heavy (non-hydrogen) atoms. The zero-order valence-corrected chi connectivity index (χ0v) is 33.1. The van der Waals surface area contributed by atoms with Crippen molar-refractivity contribution in [3.8, 4) is 23.0 Å². The number of aliphatic hydroxyl groups excluding tert-OH is 1. The Balaban J connectivity index is 1.59. The van der Waals surface area contributed by atoms with Crippen LogP contribution in [0.15, 0.2) is 66.7 Å².